The molecule has 0 saturated heterocycles. The smallest absolute Gasteiger partial charge is 0.255 e. The Morgan fingerprint density at radius 1 is 1.18 bits per heavy atom. The van der Waals surface area contributed by atoms with Crippen LogP contribution in [0.15, 0.2) is 47.4 Å². The van der Waals surface area contributed by atoms with E-state index in [9.17, 15) is 4.79 Å². The van der Waals surface area contributed by atoms with Crippen LogP contribution in [0.5, 0.6) is 0 Å². The average Bonchev–Trinajstić information content (AvgIpc) is 2.42. The number of aromatic nitrogens is 1. The van der Waals surface area contributed by atoms with Crippen LogP contribution < -0.4 is 5.56 Å². The van der Waals surface area contributed by atoms with Gasteiger partial charge < -0.3 is 4.98 Å². The summed E-state index contributed by atoms with van der Waals surface area (Å²) in [4.78, 5) is 14.1. The van der Waals surface area contributed by atoms with Crippen LogP contribution in [0.3, 0.4) is 0 Å². The van der Waals surface area contributed by atoms with Crippen LogP contribution in [0.1, 0.15) is 19.4 Å². The Hall–Kier alpha value is -2.34. The van der Waals surface area contributed by atoms with Gasteiger partial charge in [0.25, 0.3) is 5.56 Å². The summed E-state index contributed by atoms with van der Waals surface area (Å²) in [5.41, 5.74) is 1.61. The number of rotatable bonds is 1. The van der Waals surface area contributed by atoms with Crippen molar-refractivity contribution in [1.29, 1.82) is 5.26 Å². The minimum Gasteiger partial charge on any atom is -0.327 e. The molecule has 0 aliphatic carbocycles. The number of aromatic amines is 1. The zero-order valence-electron chi connectivity index (χ0n) is 9.90. The standard InChI is InChI=1S/C12H8N2O.C2H6/c13-7-9-6-11(12(15)14-8-9)10-4-2-1-3-5-10;1-2/h1-6,8H,(H,14,15);1-2H3. The van der Waals surface area contributed by atoms with E-state index in [2.05, 4.69) is 4.98 Å². The van der Waals surface area contributed by atoms with E-state index in [4.69, 9.17) is 5.26 Å². The SMILES string of the molecule is CC.N#Cc1c[nH]c(=O)c(-c2ccccc2)c1. The summed E-state index contributed by atoms with van der Waals surface area (Å²) in [5.74, 6) is 0. The summed E-state index contributed by atoms with van der Waals surface area (Å²) >= 11 is 0. The monoisotopic (exact) mass is 226 g/mol. The van der Waals surface area contributed by atoms with E-state index < -0.39 is 0 Å². The van der Waals surface area contributed by atoms with Crippen molar-refractivity contribution >= 4 is 0 Å². The van der Waals surface area contributed by atoms with Gasteiger partial charge in [-0.3, -0.25) is 4.79 Å². The number of hydrogen-bond donors (Lipinski definition) is 1. The fraction of sp³-hybridized carbons (Fsp3) is 0.143. The van der Waals surface area contributed by atoms with E-state index in [0.717, 1.165) is 5.56 Å². The van der Waals surface area contributed by atoms with Crippen molar-refractivity contribution in [3.05, 3.63) is 58.5 Å². The summed E-state index contributed by atoms with van der Waals surface area (Å²) in [7, 11) is 0. The Morgan fingerprint density at radius 2 is 1.82 bits per heavy atom. The largest absolute Gasteiger partial charge is 0.327 e. The zero-order valence-corrected chi connectivity index (χ0v) is 9.90. The topological polar surface area (TPSA) is 56.6 Å². The highest BCUT2D eigenvalue weighted by Crippen LogP contribution is 2.14. The lowest BCUT2D eigenvalue weighted by Gasteiger charge is -1.99. The lowest BCUT2D eigenvalue weighted by Crippen LogP contribution is -2.08. The van der Waals surface area contributed by atoms with Gasteiger partial charge in [0.1, 0.15) is 6.07 Å². The molecule has 1 N–H and O–H groups in total. The molecule has 2 rings (SSSR count). The number of benzene rings is 1. The van der Waals surface area contributed by atoms with Crippen molar-refractivity contribution in [2.45, 2.75) is 13.8 Å². The highest BCUT2D eigenvalue weighted by Gasteiger charge is 2.03. The first-order valence-electron chi connectivity index (χ1n) is 5.49. The predicted molar refractivity (Wildman–Crippen MR) is 68.6 cm³/mol. The second-order valence-corrected chi connectivity index (χ2v) is 3.11. The summed E-state index contributed by atoms with van der Waals surface area (Å²) in [6.07, 6.45) is 1.41. The van der Waals surface area contributed by atoms with Gasteiger partial charge in [-0.05, 0) is 11.6 Å². The van der Waals surface area contributed by atoms with Crippen LogP contribution in [0.25, 0.3) is 11.1 Å². The van der Waals surface area contributed by atoms with E-state index in [0.29, 0.717) is 11.1 Å². The van der Waals surface area contributed by atoms with E-state index in [1.165, 1.54) is 6.20 Å². The lowest BCUT2D eigenvalue weighted by molar-refractivity contribution is 1.22. The van der Waals surface area contributed by atoms with Gasteiger partial charge in [0, 0.05) is 11.8 Å². The molecule has 1 aromatic heterocycles. The molecular formula is C14H14N2O. The van der Waals surface area contributed by atoms with Crippen LogP contribution in [0.4, 0.5) is 0 Å². The Bertz CT molecular complexity index is 565. The summed E-state index contributed by atoms with van der Waals surface area (Å²) in [5, 5.41) is 8.73. The minimum absolute atomic E-state index is 0.180. The van der Waals surface area contributed by atoms with Crippen LogP contribution >= 0.6 is 0 Å². The molecule has 0 fully saturated rings. The third-order valence-corrected chi connectivity index (χ3v) is 2.12. The van der Waals surface area contributed by atoms with E-state index in [1.807, 2.05) is 50.2 Å². The van der Waals surface area contributed by atoms with Crippen LogP contribution in [0.2, 0.25) is 0 Å². The number of pyridine rings is 1. The molecule has 2 aromatic rings. The molecule has 0 aliphatic rings. The predicted octanol–water partition coefficient (Wildman–Crippen LogP) is 2.94. The van der Waals surface area contributed by atoms with Crippen molar-refractivity contribution in [3.8, 4) is 17.2 Å². The number of nitriles is 1. The highest BCUT2D eigenvalue weighted by molar-refractivity contribution is 5.63. The number of nitrogens with zero attached hydrogens (tertiary/aromatic N) is 1. The fourth-order valence-corrected chi connectivity index (χ4v) is 1.38. The third kappa shape index (κ3) is 3.05. The van der Waals surface area contributed by atoms with Gasteiger partial charge in [-0.2, -0.15) is 5.26 Å². The van der Waals surface area contributed by atoms with E-state index >= 15 is 0 Å². The molecular weight excluding hydrogens is 212 g/mol. The molecule has 0 aliphatic heterocycles. The van der Waals surface area contributed by atoms with Crippen molar-refractivity contribution in [3.63, 3.8) is 0 Å². The van der Waals surface area contributed by atoms with Gasteiger partial charge in [-0.15, -0.1) is 0 Å². The molecule has 3 nitrogen and oxygen atoms in total. The number of H-pyrrole nitrogens is 1. The zero-order chi connectivity index (χ0) is 12.7. The van der Waals surface area contributed by atoms with Crippen molar-refractivity contribution in [2.24, 2.45) is 0 Å². The van der Waals surface area contributed by atoms with Crippen LogP contribution in [-0.4, -0.2) is 4.98 Å². The minimum atomic E-state index is -0.180. The molecule has 0 unspecified atom stereocenters. The molecule has 1 aromatic carbocycles. The molecule has 0 bridgehead atoms. The quantitative estimate of drug-likeness (QED) is 0.812. The second-order valence-electron chi connectivity index (χ2n) is 3.11. The van der Waals surface area contributed by atoms with Gasteiger partial charge in [-0.25, -0.2) is 0 Å². The maximum Gasteiger partial charge on any atom is 0.255 e. The lowest BCUT2D eigenvalue weighted by atomic mass is 10.1. The van der Waals surface area contributed by atoms with Crippen LogP contribution in [0, 0.1) is 11.3 Å². The number of nitrogens with one attached hydrogen (secondary N) is 1. The molecule has 0 saturated carbocycles. The molecule has 17 heavy (non-hydrogen) atoms. The van der Waals surface area contributed by atoms with Crippen molar-refractivity contribution in [1.82, 2.24) is 4.98 Å². The average molecular weight is 226 g/mol. The van der Waals surface area contributed by atoms with Gasteiger partial charge in [-0.1, -0.05) is 44.2 Å². The normalized spacial score (nSPS) is 8.76. The van der Waals surface area contributed by atoms with Gasteiger partial charge in [0.15, 0.2) is 0 Å². The Labute approximate surface area is 100 Å². The van der Waals surface area contributed by atoms with Crippen LogP contribution in [-0.2, 0) is 0 Å². The van der Waals surface area contributed by atoms with E-state index in [1.54, 1.807) is 6.07 Å². The first-order chi connectivity index (χ1) is 8.31. The highest BCUT2D eigenvalue weighted by atomic mass is 16.1. The first kappa shape index (κ1) is 12.7. The maximum absolute atomic E-state index is 11.5. The Balaban J connectivity index is 0.000000686. The second kappa shape index (κ2) is 6.29. The molecule has 1 heterocycles. The summed E-state index contributed by atoms with van der Waals surface area (Å²) in [6, 6.07) is 12.9. The van der Waals surface area contributed by atoms with Gasteiger partial charge in [0.05, 0.1) is 5.56 Å². The van der Waals surface area contributed by atoms with Gasteiger partial charge >= 0.3 is 0 Å². The fourth-order valence-electron chi connectivity index (χ4n) is 1.38. The van der Waals surface area contributed by atoms with Crippen molar-refractivity contribution in [2.75, 3.05) is 0 Å². The molecule has 0 radical (unpaired) electrons. The first-order valence-corrected chi connectivity index (χ1v) is 5.49. The molecule has 0 amide bonds. The summed E-state index contributed by atoms with van der Waals surface area (Å²) in [6.45, 7) is 4.00. The molecule has 0 spiro atoms. The third-order valence-electron chi connectivity index (χ3n) is 2.12. The maximum atomic E-state index is 11.5. The number of hydrogen-bond acceptors (Lipinski definition) is 2. The molecule has 0 atom stereocenters. The Morgan fingerprint density at radius 3 is 2.41 bits per heavy atom. The van der Waals surface area contributed by atoms with Crippen molar-refractivity contribution < 1.29 is 0 Å². The molecule has 86 valence electrons. The Kier molecular flexibility index (Phi) is 4.71. The summed E-state index contributed by atoms with van der Waals surface area (Å²) < 4.78 is 0. The van der Waals surface area contributed by atoms with Gasteiger partial charge in [0.2, 0.25) is 0 Å². The molecule has 3 heteroatoms. The van der Waals surface area contributed by atoms with E-state index in [-0.39, 0.29) is 5.56 Å².